The third kappa shape index (κ3) is 2.51. The minimum atomic E-state index is -0.0926. The summed E-state index contributed by atoms with van der Waals surface area (Å²) >= 11 is 5.43. The van der Waals surface area contributed by atoms with Crippen molar-refractivity contribution in [3.05, 3.63) is 0 Å². The largest absolute Gasteiger partial charge is 0.413 e. The highest BCUT2D eigenvalue weighted by atomic mass is 35.5. The van der Waals surface area contributed by atoms with Crippen LogP contribution >= 0.6 is 11.5 Å². The summed E-state index contributed by atoms with van der Waals surface area (Å²) < 4.78 is 0. The lowest BCUT2D eigenvalue weighted by Gasteiger charge is -1.95. The van der Waals surface area contributed by atoms with Gasteiger partial charge >= 0.3 is 6.40 Å². The summed E-state index contributed by atoms with van der Waals surface area (Å²) in [7, 11) is 3.57. The van der Waals surface area contributed by atoms with E-state index in [0.29, 0.717) is 0 Å². The van der Waals surface area contributed by atoms with Gasteiger partial charge in [0.2, 0.25) is 0 Å². The van der Waals surface area contributed by atoms with Gasteiger partial charge in [-0.2, -0.15) is 0 Å². The maximum Gasteiger partial charge on any atom is 0.413 e. The molecule has 0 aromatic carbocycles. The number of nitrogens with one attached hydrogen (secondary N) is 2. The van der Waals surface area contributed by atoms with Crippen LogP contribution in [0.4, 0.5) is 0 Å². The van der Waals surface area contributed by atoms with E-state index in [-0.39, 0.29) is 6.40 Å². The molecule has 4 heteroatoms. The predicted molar refractivity (Wildman–Crippen MR) is 29.7 cm³/mol. The van der Waals surface area contributed by atoms with Gasteiger partial charge in [0.05, 0.1) is 0 Å². The van der Waals surface area contributed by atoms with Gasteiger partial charge < -0.3 is 10.5 Å². The smallest absolute Gasteiger partial charge is 0.331 e. The van der Waals surface area contributed by atoms with Crippen molar-refractivity contribution in [2.24, 2.45) is 0 Å². The second kappa shape index (κ2) is 3.46. The minimum Gasteiger partial charge on any atom is -0.331 e. The molecule has 0 unspecified atom stereocenters. The number of hydrogen-bond donors (Lipinski definition) is 2. The van der Waals surface area contributed by atoms with Crippen LogP contribution in [0.3, 0.4) is 0 Å². The van der Waals surface area contributed by atoms with Gasteiger partial charge in [0, 0.05) is 0 Å². The molecule has 6 heavy (non-hydrogen) atoms. The number of hydrogen-bond acceptors (Lipinski definition) is 2. The van der Waals surface area contributed by atoms with E-state index in [2.05, 4.69) is 10.5 Å². The van der Waals surface area contributed by atoms with Gasteiger partial charge in [-0.05, 0) is 14.1 Å². The molecule has 0 spiro atoms. The van der Waals surface area contributed by atoms with Crippen LogP contribution in [0.15, 0.2) is 0 Å². The average molecular weight is 106 g/mol. The first kappa shape index (κ1) is 6.27. The van der Waals surface area contributed by atoms with Crippen LogP contribution in [0.2, 0.25) is 0 Å². The Bertz CT molecular complexity index is 30.7. The van der Waals surface area contributed by atoms with E-state index in [4.69, 9.17) is 11.5 Å². The molecule has 0 amide bonds. The van der Waals surface area contributed by atoms with Crippen LogP contribution in [0, 0.1) is 0 Å². The van der Waals surface area contributed by atoms with Crippen molar-refractivity contribution in [2.45, 2.75) is 0 Å². The molecule has 0 aromatic rings. The Labute approximate surface area is 43.3 Å². The first-order valence-corrected chi connectivity index (χ1v) is 2.23. The third-order valence-corrected chi connectivity index (χ3v) is 0.943. The third-order valence-electron chi connectivity index (χ3n) is 0.507. The molecule has 0 aliphatic rings. The zero-order chi connectivity index (χ0) is 4.99. The number of rotatable bonds is 2. The molecule has 0 heterocycles. The second-order valence-electron chi connectivity index (χ2n) is 0.940. The van der Waals surface area contributed by atoms with Gasteiger partial charge in [-0.25, -0.2) is 0 Å². The normalized spacial score (nSPS) is 8.50. The van der Waals surface area contributed by atoms with Crippen LogP contribution in [-0.2, 0) is 0 Å². The molecule has 0 rings (SSSR count). The van der Waals surface area contributed by atoms with Crippen LogP contribution < -0.4 is 10.5 Å². The van der Waals surface area contributed by atoms with Gasteiger partial charge in [0.15, 0.2) is 0 Å². The highest BCUT2D eigenvalue weighted by molar-refractivity contribution is 7.03. The topological polar surface area (TPSA) is 24.1 Å². The van der Waals surface area contributed by atoms with Gasteiger partial charge in [-0.1, -0.05) is 0 Å². The van der Waals surface area contributed by atoms with Gasteiger partial charge in [-0.3, -0.25) is 0 Å². The average Bonchev–Trinajstić information content (AvgIpc) is 1.65. The molecule has 0 bridgehead atoms. The highest BCUT2D eigenvalue weighted by Crippen LogP contribution is 1.69. The predicted octanol–water partition coefficient (Wildman–Crippen LogP) is -0.351. The quantitative estimate of drug-likeness (QED) is 0.470. The van der Waals surface area contributed by atoms with Crippen molar-refractivity contribution in [3.8, 4) is 0 Å². The molecule has 0 aliphatic heterocycles. The Balaban J connectivity index is 2.75. The molecule has 0 saturated heterocycles. The van der Waals surface area contributed by atoms with Crippen LogP contribution in [0.1, 0.15) is 0 Å². The van der Waals surface area contributed by atoms with Crippen molar-refractivity contribution in [3.63, 3.8) is 0 Å². The summed E-state index contributed by atoms with van der Waals surface area (Å²) in [6.07, 6.45) is -0.0926. The number of halogens is 1. The molecule has 0 radical (unpaired) electrons. The lowest BCUT2D eigenvalue weighted by atomic mass is 10.2. The lowest BCUT2D eigenvalue weighted by molar-refractivity contribution is 1.11. The van der Waals surface area contributed by atoms with Crippen molar-refractivity contribution in [1.29, 1.82) is 0 Å². The van der Waals surface area contributed by atoms with Crippen molar-refractivity contribution in [2.75, 3.05) is 14.1 Å². The van der Waals surface area contributed by atoms with Gasteiger partial charge in [0.25, 0.3) is 0 Å². The van der Waals surface area contributed by atoms with E-state index in [0.717, 1.165) is 0 Å². The minimum absolute atomic E-state index is 0.0926. The Hall–Kier alpha value is 0.275. The summed E-state index contributed by atoms with van der Waals surface area (Å²) in [5.41, 5.74) is 0. The Kier molecular flexibility index (Phi) is 3.62. The van der Waals surface area contributed by atoms with Crippen molar-refractivity contribution in [1.82, 2.24) is 10.5 Å². The summed E-state index contributed by atoms with van der Waals surface area (Å²) in [4.78, 5) is 0. The highest BCUT2D eigenvalue weighted by Gasteiger charge is 1.99. The molecule has 36 valence electrons. The molecular weight excluding hydrogens is 98.3 g/mol. The van der Waals surface area contributed by atoms with Crippen LogP contribution in [0.5, 0.6) is 0 Å². The zero-order valence-electron chi connectivity index (χ0n) is 3.96. The molecular formula is C2H8BClN2. The van der Waals surface area contributed by atoms with E-state index in [1.54, 1.807) is 14.1 Å². The second-order valence-corrected chi connectivity index (χ2v) is 1.38. The molecule has 0 aliphatic carbocycles. The zero-order valence-corrected chi connectivity index (χ0v) is 4.71. The first-order chi connectivity index (χ1) is 2.81. The maximum atomic E-state index is 5.43. The Morgan fingerprint density at radius 3 is 1.67 bits per heavy atom. The Morgan fingerprint density at radius 2 is 1.67 bits per heavy atom. The summed E-state index contributed by atoms with van der Waals surface area (Å²) in [6.45, 7) is 0. The maximum absolute atomic E-state index is 5.43. The van der Waals surface area contributed by atoms with Gasteiger partial charge in [-0.15, -0.1) is 11.5 Å². The standard InChI is InChI=1S/C2H8BClN2/c1-5-3(4)6-2/h5-6H,1-2H3. The van der Waals surface area contributed by atoms with Gasteiger partial charge in [0.1, 0.15) is 0 Å². The molecule has 2 nitrogen and oxygen atoms in total. The first-order valence-electron chi connectivity index (χ1n) is 1.80. The summed E-state index contributed by atoms with van der Waals surface area (Å²) in [5, 5.41) is 5.54. The molecule has 0 atom stereocenters. The molecule has 0 fully saturated rings. The monoisotopic (exact) mass is 106 g/mol. The summed E-state index contributed by atoms with van der Waals surface area (Å²) in [5.74, 6) is 0. The van der Waals surface area contributed by atoms with Crippen LogP contribution in [0.25, 0.3) is 0 Å². The van der Waals surface area contributed by atoms with E-state index in [1.165, 1.54) is 0 Å². The van der Waals surface area contributed by atoms with Crippen molar-refractivity contribution < 1.29 is 0 Å². The lowest BCUT2D eigenvalue weighted by Crippen LogP contribution is -2.37. The Morgan fingerprint density at radius 1 is 1.33 bits per heavy atom. The SMILES string of the molecule is CNB(Cl)NC. The van der Waals surface area contributed by atoms with E-state index in [9.17, 15) is 0 Å². The van der Waals surface area contributed by atoms with E-state index < -0.39 is 0 Å². The molecule has 0 saturated carbocycles. The van der Waals surface area contributed by atoms with E-state index >= 15 is 0 Å². The fraction of sp³-hybridized carbons (Fsp3) is 1.00. The summed E-state index contributed by atoms with van der Waals surface area (Å²) in [6, 6.07) is 0. The van der Waals surface area contributed by atoms with Crippen LogP contribution in [-0.4, -0.2) is 20.5 Å². The fourth-order valence-corrected chi connectivity index (χ4v) is 0.144. The van der Waals surface area contributed by atoms with E-state index in [1.807, 2.05) is 0 Å². The molecule has 0 aromatic heterocycles. The molecule has 2 N–H and O–H groups in total. The van der Waals surface area contributed by atoms with Crippen molar-refractivity contribution >= 4 is 17.9 Å². The fourth-order valence-electron chi connectivity index (χ4n) is 0.144.